The van der Waals surface area contributed by atoms with Crippen LogP contribution in [0.5, 0.6) is 0 Å². The second kappa shape index (κ2) is 7.21. The number of carbonyl (C=O) groups excluding carboxylic acids is 1. The lowest BCUT2D eigenvalue weighted by Gasteiger charge is -2.13. The summed E-state index contributed by atoms with van der Waals surface area (Å²) in [5.74, 6) is -0.654. The summed E-state index contributed by atoms with van der Waals surface area (Å²) in [5, 5.41) is 10.7. The summed E-state index contributed by atoms with van der Waals surface area (Å²) in [6, 6.07) is 9.59. The first-order chi connectivity index (χ1) is 12.1. The lowest BCUT2D eigenvalue weighted by molar-refractivity contribution is 0.0934. The Morgan fingerprint density at radius 2 is 1.88 bits per heavy atom. The van der Waals surface area contributed by atoms with Gasteiger partial charge >= 0.3 is 0 Å². The van der Waals surface area contributed by atoms with Crippen molar-refractivity contribution >= 4 is 5.91 Å². The van der Waals surface area contributed by atoms with Gasteiger partial charge < -0.3 is 5.32 Å². The van der Waals surface area contributed by atoms with Crippen LogP contribution in [0.2, 0.25) is 0 Å². The third-order valence-electron chi connectivity index (χ3n) is 4.05. The predicted octanol–water partition coefficient (Wildman–Crippen LogP) is 2.91. The number of hydrogen-bond acceptors (Lipinski definition) is 4. The molecule has 0 radical (unpaired) electrons. The van der Waals surface area contributed by atoms with Crippen LogP contribution in [0, 0.1) is 5.82 Å². The molecule has 0 bridgehead atoms. The van der Waals surface area contributed by atoms with E-state index in [1.807, 2.05) is 19.1 Å². The van der Waals surface area contributed by atoms with Crippen molar-refractivity contribution in [3.05, 3.63) is 77.6 Å². The Balaban J connectivity index is 1.73. The molecular formula is C18H18FN5O. The number of aromatic nitrogens is 4. The summed E-state index contributed by atoms with van der Waals surface area (Å²) in [5.41, 5.74) is 1.61. The van der Waals surface area contributed by atoms with Gasteiger partial charge in [0, 0.05) is 18.0 Å². The minimum absolute atomic E-state index is 0.184. The molecule has 0 unspecified atom stereocenters. The highest BCUT2D eigenvalue weighted by molar-refractivity contribution is 5.92. The quantitative estimate of drug-likeness (QED) is 0.776. The lowest BCUT2D eigenvalue weighted by atomic mass is 10.1. The molecule has 0 saturated carbocycles. The van der Waals surface area contributed by atoms with Crippen LogP contribution in [0.15, 0.2) is 55.0 Å². The Morgan fingerprint density at radius 1 is 1.16 bits per heavy atom. The van der Waals surface area contributed by atoms with Crippen LogP contribution in [0.4, 0.5) is 4.39 Å². The van der Waals surface area contributed by atoms with Gasteiger partial charge in [0.25, 0.3) is 5.91 Å². The van der Waals surface area contributed by atoms with E-state index in [1.54, 1.807) is 37.5 Å². The third kappa shape index (κ3) is 3.71. The molecule has 1 aromatic carbocycles. The number of pyridine rings is 1. The zero-order chi connectivity index (χ0) is 17.8. The Bertz CT molecular complexity index is 865. The maximum Gasteiger partial charge on any atom is 0.273 e. The van der Waals surface area contributed by atoms with Gasteiger partial charge in [0.15, 0.2) is 5.69 Å². The molecule has 0 saturated heterocycles. The number of amides is 1. The third-order valence-corrected chi connectivity index (χ3v) is 4.05. The van der Waals surface area contributed by atoms with Crippen molar-refractivity contribution in [2.75, 3.05) is 0 Å². The van der Waals surface area contributed by atoms with Crippen molar-refractivity contribution < 1.29 is 9.18 Å². The van der Waals surface area contributed by atoms with Crippen LogP contribution in [0.1, 0.15) is 47.5 Å². The average Bonchev–Trinajstić information content (AvgIpc) is 3.12. The molecule has 1 N–H and O–H groups in total. The van der Waals surface area contributed by atoms with Crippen LogP contribution in [0.25, 0.3) is 0 Å². The summed E-state index contributed by atoms with van der Waals surface area (Å²) < 4.78 is 15.4. The number of benzene rings is 1. The van der Waals surface area contributed by atoms with Crippen molar-refractivity contribution in [2.24, 2.45) is 0 Å². The summed E-state index contributed by atoms with van der Waals surface area (Å²) in [7, 11) is 0. The molecule has 2 aromatic heterocycles. The summed E-state index contributed by atoms with van der Waals surface area (Å²) in [6.07, 6.45) is 4.86. The van der Waals surface area contributed by atoms with E-state index >= 15 is 0 Å². The van der Waals surface area contributed by atoms with Crippen molar-refractivity contribution in [1.82, 2.24) is 25.3 Å². The van der Waals surface area contributed by atoms with Gasteiger partial charge in [-0.2, -0.15) is 0 Å². The molecule has 2 atom stereocenters. The first-order valence-electron chi connectivity index (χ1n) is 7.93. The molecule has 7 heteroatoms. The summed E-state index contributed by atoms with van der Waals surface area (Å²) in [6.45, 7) is 3.67. The molecule has 0 aliphatic carbocycles. The SMILES string of the molecule is C[C@H](NC(=O)c1cn([C@@H](C)c2ccccc2F)nn1)c1ccncc1. The van der Waals surface area contributed by atoms with E-state index in [2.05, 4.69) is 20.6 Å². The topological polar surface area (TPSA) is 72.7 Å². The van der Waals surface area contributed by atoms with Crippen LogP contribution >= 0.6 is 0 Å². The molecule has 0 spiro atoms. The van der Waals surface area contributed by atoms with E-state index in [9.17, 15) is 9.18 Å². The molecule has 0 fully saturated rings. The van der Waals surface area contributed by atoms with Crippen LogP contribution < -0.4 is 5.32 Å². The molecular weight excluding hydrogens is 321 g/mol. The smallest absolute Gasteiger partial charge is 0.273 e. The number of carbonyl (C=O) groups is 1. The van der Waals surface area contributed by atoms with Gasteiger partial charge in [-0.25, -0.2) is 9.07 Å². The predicted molar refractivity (Wildman–Crippen MR) is 90.4 cm³/mol. The van der Waals surface area contributed by atoms with Crippen molar-refractivity contribution in [2.45, 2.75) is 25.9 Å². The van der Waals surface area contributed by atoms with Gasteiger partial charge in [-0.3, -0.25) is 9.78 Å². The maximum absolute atomic E-state index is 13.9. The second-order valence-electron chi connectivity index (χ2n) is 5.76. The van der Waals surface area contributed by atoms with E-state index in [-0.39, 0.29) is 29.5 Å². The summed E-state index contributed by atoms with van der Waals surface area (Å²) >= 11 is 0. The molecule has 3 rings (SSSR count). The monoisotopic (exact) mass is 339 g/mol. The van der Waals surface area contributed by atoms with Crippen LogP contribution in [-0.4, -0.2) is 25.9 Å². The van der Waals surface area contributed by atoms with Gasteiger partial charge in [-0.15, -0.1) is 5.10 Å². The van der Waals surface area contributed by atoms with E-state index in [0.717, 1.165) is 5.56 Å². The standard InChI is InChI=1S/C18H18FN5O/c1-12(14-7-9-20-10-8-14)21-18(25)17-11-24(23-22-17)13(2)15-5-3-4-6-16(15)19/h3-13H,1-2H3,(H,21,25)/t12-,13-/m0/s1. The average molecular weight is 339 g/mol. The van der Waals surface area contributed by atoms with E-state index < -0.39 is 0 Å². The van der Waals surface area contributed by atoms with Crippen molar-refractivity contribution in [3.63, 3.8) is 0 Å². The zero-order valence-electron chi connectivity index (χ0n) is 13.9. The van der Waals surface area contributed by atoms with Gasteiger partial charge in [-0.1, -0.05) is 23.4 Å². The second-order valence-corrected chi connectivity index (χ2v) is 5.76. The highest BCUT2D eigenvalue weighted by atomic mass is 19.1. The Labute approximate surface area is 144 Å². The van der Waals surface area contributed by atoms with E-state index in [4.69, 9.17) is 0 Å². The van der Waals surface area contributed by atoms with Gasteiger partial charge in [0.05, 0.1) is 18.3 Å². The van der Waals surface area contributed by atoms with Gasteiger partial charge in [-0.05, 0) is 37.6 Å². The highest BCUT2D eigenvalue weighted by Gasteiger charge is 2.18. The Hall–Kier alpha value is -3.09. The minimum Gasteiger partial charge on any atom is -0.344 e. The first-order valence-corrected chi connectivity index (χ1v) is 7.93. The fourth-order valence-corrected chi connectivity index (χ4v) is 2.53. The maximum atomic E-state index is 13.9. The normalized spacial score (nSPS) is 13.2. The molecule has 1 amide bonds. The van der Waals surface area contributed by atoms with Crippen molar-refractivity contribution in [1.29, 1.82) is 0 Å². The molecule has 2 heterocycles. The zero-order valence-corrected chi connectivity index (χ0v) is 13.9. The fourth-order valence-electron chi connectivity index (χ4n) is 2.53. The number of rotatable bonds is 5. The molecule has 128 valence electrons. The van der Waals surface area contributed by atoms with Crippen LogP contribution in [0.3, 0.4) is 0 Å². The Kier molecular flexibility index (Phi) is 4.83. The van der Waals surface area contributed by atoms with E-state index in [0.29, 0.717) is 5.56 Å². The number of halogens is 1. The number of hydrogen-bond donors (Lipinski definition) is 1. The number of nitrogens with zero attached hydrogens (tertiary/aromatic N) is 4. The van der Waals surface area contributed by atoms with Gasteiger partial charge in [0.2, 0.25) is 0 Å². The van der Waals surface area contributed by atoms with Gasteiger partial charge in [0.1, 0.15) is 5.82 Å². The highest BCUT2D eigenvalue weighted by Crippen LogP contribution is 2.20. The number of nitrogens with one attached hydrogen (secondary N) is 1. The molecule has 25 heavy (non-hydrogen) atoms. The lowest BCUT2D eigenvalue weighted by Crippen LogP contribution is -2.27. The molecule has 3 aromatic rings. The molecule has 0 aliphatic rings. The van der Waals surface area contributed by atoms with Crippen molar-refractivity contribution in [3.8, 4) is 0 Å². The molecule has 0 aliphatic heterocycles. The fraction of sp³-hybridized carbons (Fsp3) is 0.222. The van der Waals surface area contributed by atoms with E-state index in [1.165, 1.54) is 16.9 Å². The molecule has 6 nitrogen and oxygen atoms in total. The minimum atomic E-state index is -0.368. The van der Waals surface area contributed by atoms with Crippen LogP contribution in [-0.2, 0) is 0 Å². The summed E-state index contributed by atoms with van der Waals surface area (Å²) in [4.78, 5) is 16.3. The Morgan fingerprint density at radius 3 is 2.60 bits per heavy atom. The largest absolute Gasteiger partial charge is 0.344 e. The first kappa shape index (κ1) is 16.8.